The molecule has 1 saturated heterocycles. The lowest BCUT2D eigenvalue weighted by Gasteiger charge is -2.31. The van der Waals surface area contributed by atoms with Gasteiger partial charge in [-0.1, -0.05) is 0 Å². The monoisotopic (exact) mass is 428 g/mol. The summed E-state index contributed by atoms with van der Waals surface area (Å²) >= 11 is 0. The van der Waals surface area contributed by atoms with Crippen LogP contribution >= 0.6 is 0 Å². The van der Waals surface area contributed by atoms with E-state index in [2.05, 4.69) is 15.3 Å². The van der Waals surface area contributed by atoms with Gasteiger partial charge >= 0.3 is 12.1 Å². The maximum atomic E-state index is 12.9. The molecule has 9 heteroatoms. The summed E-state index contributed by atoms with van der Waals surface area (Å²) in [6.45, 7) is 7.45. The third-order valence-corrected chi connectivity index (χ3v) is 5.31. The van der Waals surface area contributed by atoms with Crippen molar-refractivity contribution >= 4 is 17.8 Å². The van der Waals surface area contributed by atoms with E-state index >= 15 is 0 Å². The van der Waals surface area contributed by atoms with Gasteiger partial charge in [-0.2, -0.15) is 0 Å². The Morgan fingerprint density at radius 2 is 1.94 bits per heavy atom. The topological polar surface area (TPSA) is 113 Å². The molecule has 0 spiro atoms. The normalized spacial score (nSPS) is 20.1. The smallest absolute Gasteiger partial charge is 0.410 e. The van der Waals surface area contributed by atoms with Crippen molar-refractivity contribution < 1.29 is 14.3 Å². The molecular weight excluding hydrogens is 396 g/mol. The van der Waals surface area contributed by atoms with Crippen LogP contribution in [0.4, 0.5) is 9.59 Å². The number of aliphatic imine (C=N–C) groups is 1. The molecule has 1 aromatic rings. The lowest BCUT2D eigenvalue weighted by atomic mass is 9.97. The van der Waals surface area contributed by atoms with E-state index in [0.717, 1.165) is 22.5 Å². The molecule has 9 nitrogen and oxygen atoms in total. The van der Waals surface area contributed by atoms with E-state index in [1.54, 1.807) is 29.2 Å². The zero-order valence-corrected chi connectivity index (χ0v) is 18.7. The van der Waals surface area contributed by atoms with E-state index in [4.69, 9.17) is 10.5 Å². The van der Waals surface area contributed by atoms with Crippen molar-refractivity contribution in [2.24, 2.45) is 10.7 Å². The number of pyridine rings is 1. The third-order valence-electron chi connectivity index (χ3n) is 5.31. The molecule has 2 aliphatic rings. The van der Waals surface area contributed by atoms with Gasteiger partial charge < -0.3 is 25.6 Å². The first kappa shape index (κ1) is 22.6. The summed E-state index contributed by atoms with van der Waals surface area (Å²) in [6.07, 6.45) is 4.35. The Labute approximate surface area is 183 Å². The van der Waals surface area contributed by atoms with E-state index in [-0.39, 0.29) is 18.2 Å². The molecule has 0 bridgehead atoms. The standard InChI is InChI=1S/C22H32N6O3/c1-22(2,3)31-21(30)28-11-7-16(13-28)26-20(29)27-12-8-18(23)17(14-27)19(24-4)15-5-9-25-10-6-15/h5-6,9-10,16H,7-8,11-14,23H2,1-4H3,(H,26,29). The van der Waals surface area contributed by atoms with E-state index in [1.807, 2.05) is 32.9 Å². The average Bonchev–Trinajstić information content (AvgIpc) is 3.18. The van der Waals surface area contributed by atoms with Crippen LogP contribution in [0, 0.1) is 0 Å². The molecular formula is C22H32N6O3. The van der Waals surface area contributed by atoms with E-state index in [9.17, 15) is 9.59 Å². The number of nitrogens with two attached hydrogens (primary N) is 1. The number of nitrogens with one attached hydrogen (secondary N) is 1. The van der Waals surface area contributed by atoms with Crippen LogP contribution in [0.15, 0.2) is 40.8 Å². The molecule has 0 radical (unpaired) electrons. The minimum atomic E-state index is -0.539. The molecule has 2 aliphatic heterocycles. The van der Waals surface area contributed by atoms with Crippen molar-refractivity contribution in [3.63, 3.8) is 0 Å². The Morgan fingerprint density at radius 1 is 1.23 bits per heavy atom. The number of amides is 3. The van der Waals surface area contributed by atoms with Gasteiger partial charge in [0.05, 0.1) is 12.3 Å². The Kier molecular flexibility index (Phi) is 6.82. The van der Waals surface area contributed by atoms with Crippen LogP contribution in [-0.4, -0.2) is 77.5 Å². The number of hydrogen-bond donors (Lipinski definition) is 2. The van der Waals surface area contributed by atoms with Crippen molar-refractivity contribution in [1.29, 1.82) is 0 Å². The summed E-state index contributed by atoms with van der Waals surface area (Å²) in [7, 11) is 1.72. The largest absolute Gasteiger partial charge is 0.444 e. The number of urea groups is 1. The van der Waals surface area contributed by atoms with Gasteiger partial charge in [0.25, 0.3) is 0 Å². The minimum Gasteiger partial charge on any atom is -0.444 e. The highest BCUT2D eigenvalue weighted by atomic mass is 16.6. The first-order valence-corrected chi connectivity index (χ1v) is 10.6. The highest BCUT2D eigenvalue weighted by Gasteiger charge is 2.32. The van der Waals surface area contributed by atoms with Crippen molar-refractivity contribution in [3.8, 4) is 0 Å². The molecule has 1 fully saturated rings. The summed E-state index contributed by atoms with van der Waals surface area (Å²) in [6, 6.07) is 3.49. The van der Waals surface area contributed by atoms with Crippen LogP contribution < -0.4 is 11.1 Å². The van der Waals surface area contributed by atoms with E-state index < -0.39 is 5.60 Å². The summed E-state index contributed by atoms with van der Waals surface area (Å²) in [4.78, 5) is 37.0. The number of likely N-dealkylation sites (tertiary alicyclic amines) is 1. The Morgan fingerprint density at radius 3 is 2.58 bits per heavy atom. The van der Waals surface area contributed by atoms with E-state index in [1.165, 1.54) is 0 Å². The second-order valence-electron chi connectivity index (χ2n) is 8.84. The minimum absolute atomic E-state index is 0.105. The quantitative estimate of drug-likeness (QED) is 0.716. The lowest BCUT2D eigenvalue weighted by Crippen LogP contribution is -2.49. The number of carbonyl (C=O) groups excluding carboxylic acids is 2. The van der Waals surface area contributed by atoms with Gasteiger partial charge in [0.15, 0.2) is 0 Å². The fraction of sp³-hybridized carbons (Fsp3) is 0.545. The second kappa shape index (κ2) is 9.36. The molecule has 0 saturated carbocycles. The van der Waals surface area contributed by atoms with Gasteiger partial charge in [-0.25, -0.2) is 9.59 Å². The van der Waals surface area contributed by atoms with Gasteiger partial charge in [-0.3, -0.25) is 9.98 Å². The Hall–Kier alpha value is -3.10. The zero-order valence-electron chi connectivity index (χ0n) is 18.7. The molecule has 3 heterocycles. The first-order valence-electron chi connectivity index (χ1n) is 10.6. The molecule has 0 aliphatic carbocycles. The highest BCUT2D eigenvalue weighted by molar-refractivity contribution is 6.13. The summed E-state index contributed by atoms with van der Waals surface area (Å²) < 4.78 is 5.42. The maximum absolute atomic E-state index is 12.9. The number of nitrogens with zero attached hydrogens (tertiary/aromatic N) is 4. The van der Waals surface area contributed by atoms with Crippen molar-refractivity contribution in [2.45, 2.75) is 45.3 Å². The maximum Gasteiger partial charge on any atom is 0.410 e. The molecule has 3 rings (SSSR count). The number of ether oxygens (including phenoxy) is 1. The van der Waals surface area contributed by atoms with Gasteiger partial charge in [-0.15, -0.1) is 0 Å². The van der Waals surface area contributed by atoms with Gasteiger partial charge in [-0.05, 0) is 39.3 Å². The zero-order chi connectivity index (χ0) is 22.6. The van der Waals surface area contributed by atoms with Gasteiger partial charge in [0.1, 0.15) is 5.60 Å². The molecule has 1 unspecified atom stereocenters. The van der Waals surface area contributed by atoms with Crippen molar-refractivity contribution in [3.05, 3.63) is 41.4 Å². The van der Waals surface area contributed by atoms with Crippen LogP contribution in [0.25, 0.3) is 0 Å². The second-order valence-corrected chi connectivity index (χ2v) is 8.84. The van der Waals surface area contributed by atoms with Crippen LogP contribution in [0.3, 0.4) is 0 Å². The number of aromatic nitrogens is 1. The molecule has 168 valence electrons. The molecule has 0 aromatic carbocycles. The summed E-state index contributed by atoms with van der Waals surface area (Å²) in [5.41, 5.74) is 9.05. The predicted molar refractivity (Wildman–Crippen MR) is 119 cm³/mol. The van der Waals surface area contributed by atoms with Crippen LogP contribution in [0.1, 0.15) is 39.2 Å². The molecule has 31 heavy (non-hydrogen) atoms. The fourth-order valence-corrected chi connectivity index (χ4v) is 3.76. The number of hydrogen-bond acceptors (Lipinski definition) is 6. The predicted octanol–water partition coefficient (Wildman–Crippen LogP) is 2.14. The van der Waals surface area contributed by atoms with Crippen LogP contribution in [-0.2, 0) is 4.74 Å². The average molecular weight is 429 g/mol. The van der Waals surface area contributed by atoms with Gasteiger partial charge in [0, 0.05) is 68.4 Å². The number of carbonyl (C=O) groups is 2. The Bertz CT molecular complexity index is 875. The van der Waals surface area contributed by atoms with Crippen molar-refractivity contribution in [2.75, 3.05) is 33.2 Å². The molecule has 3 amide bonds. The molecule has 1 atom stereocenters. The third kappa shape index (κ3) is 5.74. The molecule has 1 aromatic heterocycles. The fourth-order valence-electron chi connectivity index (χ4n) is 3.76. The SMILES string of the molecule is CN=C(C1=C(N)CCN(C(=O)NC2CCN(C(=O)OC(C)(C)C)C2)C1)c1ccncc1. The lowest BCUT2D eigenvalue weighted by molar-refractivity contribution is 0.0291. The number of rotatable bonds is 3. The first-order chi connectivity index (χ1) is 14.7. The van der Waals surface area contributed by atoms with Gasteiger partial charge in [0.2, 0.25) is 0 Å². The van der Waals surface area contributed by atoms with Crippen molar-refractivity contribution in [1.82, 2.24) is 20.1 Å². The molecule has 3 N–H and O–H groups in total. The van der Waals surface area contributed by atoms with Crippen LogP contribution in [0.5, 0.6) is 0 Å². The van der Waals surface area contributed by atoms with Crippen LogP contribution in [0.2, 0.25) is 0 Å². The van der Waals surface area contributed by atoms with E-state index in [0.29, 0.717) is 39.0 Å². The Balaban J connectivity index is 1.60. The highest BCUT2D eigenvalue weighted by Crippen LogP contribution is 2.20. The summed E-state index contributed by atoms with van der Waals surface area (Å²) in [5, 5.41) is 3.05. The summed E-state index contributed by atoms with van der Waals surface area (Å²) in [5.74, 6) is 0.